The molecule has 0 bridgehead atoms. The molecular formula is C10H9F2NO3. The first-order valence-electron chi connectivity index (χ1n) is 4.59. The number of cyclic esters (lactones) is 1. The third-order valence-corrected chi connectivity index (χ3v) is 2.28. The number of phenolic OH excluding ortho intramolecular Hbond substituents is 1. The second kappa shape index (κ2) is 3.62. The lowest BCUT2D eigenvalue weighted by molar-refractivity contribution is -0.104. The van der Waals surface area contributed by atoms with Crippen molar-refractivity contribution in [2.24, 2.45) is 0 Å². The van der Waals surface area contributed by atoms with Crippen LogP contribution in [-0.4, -0.2) is 23.7 Å². The van der Waals surface area contributed by atoms with Crippen molar-refractivity contribution in [3.63, 3.8) is 0 Å². The molecule has 1 atom stereocenters. The average Bonchev–Trinajstić information content (AvgIpc) is 2.22. The summed E-state index contributed by atoms with van der Waals surface area (Å²) in [6.07, 6.45) is -0.890. The van der Waals surface area contributed by atoms with Crippen LogP contribution in [-0.2, 0) is 4.74 Å². The summed E-state index contributed by atoms with van der Waals surface area (Å²) in [5.41, 5.74) is 0.140. The Morgan fingerprint density at radius 3 is 2.94 bits per heavy atom. The van der Waals surface area contributed by atoms with Crippen LogP contribution in [0.5, 0.6) is 5.75 Å². The average molecular weight is 229 g/mol. The number of benzene rings is 1. The van der Waals surface area contributed by atoms with E-state index in [0.29, 0.717) is 0 Å². The molecule has 1 heterocycles. The van der Waals surface area contributed by atoms with Crippen LogP contribution in [0, 0.1) is 0 Å². The van der Waals surface area contributed by atoms with Crippen LogP contribution in [0.15, 0.2) is 24.3 Å². The van der Waals surface area contributed by atoms with E-state index >= 15 is 0 Å². The van der Waals surface area contributed by atoms with Gasteiger partial charge in [0.15, 0.2) is 6.61 Å². The molecule has 1 amide bonds. The molecule has 1 saturated heterocycles. The number of amides is 1. The van der Waals surface area contributed by atoms with Gasteiger partial charge in [-0.3, -0.25) is 0 Å². The maximum Gasteiger partial charge on any atom is 0.408 e. The summed E-state index contributed by atoms with van der Waals surface area (Å²) in [7, 11) is 0. The molecule has 16 heavy (non-hydrogen) atoms. The van der Waals surface area contributed by atoms with Crippen LogP contribution in [0.2, 0.25) is 0 Å². The second-order valence-electron chi connectivity index (χ2n) is 3.51. The van der Waals surface area contributed by atoms with Gasteiger partial charge in [-0.2, -0.15) is 0 Å². The second-order valence-corrected chi connectivity index (χ2v) is 3.51. The van der Waals surface area contributed by atoms with Crippen LogP contribution in [0.25, 0.3) is 0 Å². The van der Waals surface area contributed by atoms with Crippen molar-refractivity contribution in [3.05, 3.63) is 29.8 Å². The van der Waals surface area contributed by atoms with Crippen molar-refractivity contribution >= 4 is 6.09 Å². The van der Waals surface area contributed by atoms with Crippen LogP contribution >= 0.6 is 0 Å². The van der Waals surface area contributed by atoms with Gasteiger partial charge in [0.2, 0.25) is 0 Å². The smallest absolute Gasteiger partial charge is 0.408 e. The molecule has 2 rings (SSSR count). The molecule has 0 aromatic heterocycles. The zero-order valence-electron chi connectivity index (χ0n) is 8.11. The highest BCUT2D eigenvalue weighted by atomic mass is 19.3. The van der Waals surface area contributed by atoms with Gasteiger partial charge in [0.1, 0.15) is 11.8 Å². The van der Waals surface area contributed by atoms with Crippen LogP contribution in [0.4, 0.5) is 13.6 Å². The van der Waals surface area contributed by atoms with E-state index in [1.54, 1.807) is 0 Å². The topological polar surface area (TPSA) is 58.6 Å². The number of carbonyl (C=O) groups is 1. The molecule has 0 saturated carbocycles. The van der Waals surface area contributed by atoms with Crippen LogP contribution in [0.1, 0.15) is 11.6 Å². The van der Waals surface area contributed by atoms with Gasteiger partial charge in [0, 0.05) is 0 Å². The Labute approximate surface area is 89.8 Å². The van der Waals surface area contributed by atoms with Crippen molar-refractivity contribution < 1.29 is 23.4 Å². The minimum atomic E-state index is -3.19. The summed E-state index contributed by atoms with van der Waals surface area (Å²) in [5, 5.41) is 11.2. The monoisotopic (exact) mass is 229 g/mol. The number of alkyl carbamates (subject to hydrolysis) is 1. The molecule has 1 aromatic carbocycles. The van der Waals surface area contributed by atoms with Gasteiger partial charge in [-0.15, -0.1) is 0 Å². The molecule has 1 aliphatic rings. The van der Waals surface area contributed by atoms with Crippen molar-refractivity contribution in [2.45, 2.75) is 12.0 Å². The fourth-order valence-corrected chi connectivity index (χ4v) is 1.54. The SMILES string of the molecule is O=C1N[C@H](c2cccc(O)c2)C(F)(F)CO1. The van der Waals surface area contributed by atoms with E-state index in [4.69, 9.17) is 0 Å². The standard InChI is InChI=1S/C10H9F2NO3/c11-10(12)5-16-9(15)13-8(10)6-2-1-3-7(14)4-6/h1-4,8,14H,5H2,(H,13,15)/t8-/m1/s1. The molecule has 0 unspecified atom stereocenters. The lowest BCUT2D eigenvalue weighted by Gasteiger charge is -2.31. The van der Waals surface area contributed by atoms with E-state index in [1.807, 2.05) is 5.32 Å². The van der Waals surface area contributed by atoms with E-state index in [-0.39, 0.29) is 11.3 Å². The Morgan fingerprint density at radius 1 is 1.50 bits per heavy atom. The molecule has 0 spiro atoms. The molecule has 6 heteroatoms. The predicted molar refractivity (Wildman–Crippen MR) is 50.3 cm³/mol. The van der Waals surface area contributed by atoms with Crippen molar-refractivity contribution in [1.82, 2.24) is 5.32 Å². The summed E-state index contributed by atoms with van der Waals surface area (Å²) in [6.45, 7) is -0.959. The van der Waals surface area contributed by atoms with Gasteiger partial charge in [-0.05, 0) is 17.7 Å². The number of carbonyl (C=O) groups excluding carboxylic acids is 1. The molecule has 1 aliphatic heterocycles. The number of ether oxygens (including phenoxy) is 1. The van der Waals surface area contributed by atoms with Gasteiger partial charge < -0.3 is 15.2 Å². The van der Waals surface area contributed by atoms with Crippen molar-refractivity contribution in [1.29, 1.82) is 0 Å². The summed E-state index contributed by atoms with van der Waals surface area (Å²) in [4.78, 5) is 10.9. The normalized spacial score (nSPS) is 23.4. The van der Waals surface area contributed by atoms with E-state index in [2.05, 4.69) is 4.74 Å². The number of phenols is 1. The lowest BCUT2D eigenvalue weighted by Crippen LogP contribution is -2.49. The summed E-state index contributed by atoms with van der Waals surface area (Å²) in [5.74, 6) is -3.32. The first kappa shape index (κ1) is 10.7. The number of hydrogen-bond acceptors (Lipinski definition) is 3. The molecule has 2 N–H and O–H groups in total. The molecule has 86 valence electrons. The maximum atomic E-state index is 13.4. The highest BCUT2D eigenvalue weighted by Crippen LogP contribution is 2.35. The first-order valence-corrected chi connectivity index (χ1v) is 4.59. The third kappa shape index (κ3) is 1.91. The van der Waals surface area contributed by atoms with E-state index < -0.39 is 24.7 Å². The van der Waals surface area contributed by atoms with Crippen molar-refractivity contribution in [2.75, 3.05) is 6.61 Å². The van der Waals surface area contributed by atoms with Crippen molar-refractivity contribution in [3.8, 4) is 5.75 Å². The van der Waals surface area contributed by atoms with Crippen LogP contribution in [0.3, 0.4) is 0 Å². The Morgan fingerprint density at radius 2 is 2.25 bits per heavy atom. The Kier molecular flexibility index (Phi) is 2.41. The number of halogens is 2. The minimum Gasteiger partial charge on any atom is -0.508 e. The highest BCUT2D eigenvalue weighted by Gasteiger charge is 2.46. The fourth-order valence-electron chi connectivity index (χ4n) is 1.54. The number of nitrogens with one attached hydrogen (secondary N) is 1. The molecule has 1 fully saturated rings. The maximum absolute atomic E-state index is 13.4. The number of hydrogen-bond donors (Lipinski definition) is 2. The largest absolute Gasteiger partial charge is 0.508 e. The van der Waals surface area contributed by atoms with Gasteiger partial charge in [-0.25, -0.2) is 13.6 Å². The quantitative estimate of drug-likeness (QED) is 0.772. The van der Waals surface area contributed by atoms with E-state index in [0.717, 1.165) is 0 Å². The Bertz CT molecular complexity index is 422. The zero-order valence-corrected chi connectivity index (χ0v) is 8.11. The zero-order chi connectivity index (χ0) is 11.8. The van der Waals surface area contributed by atoms with Crippen LogP contribution < -0.4 is 5.32 Å². The molecule has 1 aromatic rings. The third-order valence-electron chi connectivity index (χ3n) is 2.28. The van der Waals surface area contributed by atoms with Gasteiger partial charge >= 0.3 is 12.0 Å². The molecule has 0 aliphatic carbocycles. The number of rotatable bonds is 1. The molecule has 0 radical (unpaired) electrons. The summed E-state index contributed by atoms with van der Waals surface area (Å²) >= 11 is 0. The van der Waals surface area contributed by atoms with Gasteiger partial charge in [0.05, 0.1) is 0 Å². The first-order chi connectivity index (χ1) is 7.49. The summed E-state index contributed by atoms with van der Waals surface area (Å²) < 4.78 is 31.1. The lowest BCUT2D eigenvalue weighted by atomic mass is 10.00. The highest BCUT2D eigenvalue weighted by molar-refractivity contribution is 5.69. The molecule has 4 nitrogen and oxygen atoms in total. The Hall–Kier alpha value is -1.85. The Balaban J connectivity index is 2.33. The number of aromatic hydroxyl groups is 1. The molecular weight excluding hydrogens is 220 g/mol. The minimum absolute atomic E-state index is 0.131. The van der Waals surface area contributed by atoms with E-state index in [1.165, 1.54) is 24.3 Å². The van der Waals surface area contributed by atoms with E-state index in [9.17, 15) is 18.7 Å². The number of alkyl halides is 2. The predicted octanol–water partition coefficient (Wildman–Crippen LogP) is 1.81. The van der Waals surface area contributed by atoms with Gasteiger partial charge in [-0.1, -0.05) is 12.1 Å². The summed E-state index contributed by atoms with van der Waals surface area (Å²) in [6, 6.07) is 3.92. The fraction of sp³-hybridized carbons (Fsp3) is 0.300. The van der Waals surface area contributed by atoms with Gasteiger partial charge in [0.25, 0.3) is 0 Å².